The van der Waals surface area contributed by atoms with E-state index in [2.05, 4.69) is 35.4 Å². The fraction of sp³-hybridized carbons (Fsp3) is 0.467. The fourth-order valence-corrected chi connectivity index (χ4v) is 6.76. The average molecular weight is 644 g/mol. The van der Waals surface area contributed by atoms with Crippen molar-refractivity contribution < 1.29 is 14.6 Å². The summed E-state index contributed by atoms with van der Waals surface area (Å²) in [5, 5.41) is 34.5. The van der Waals surface area contributed by atoms with E-state index in [1.54, 1.807) is 18.3 Å². The number of hydrogen-bond acceptors (Lipinski definition) is 10. The number of nitrogens with one attached hydrogen (secondary N) is 2. The van der Waals surface area contributed by atoms with Crippen LogP contribution in [0.2, 0.25) is 5.28 Å². The number of aromatic amines is 1. The first kappa shape index (κ1) is 32.2. The van der Waals surface area contributed by atoms with Gasteiger partial charge in [0.15, 0.2) is 0 Å². The topological polar surface area (TPSA) is 154 Å². The fourth-order valence-electron chi connectivity index (χ4n) is 5.95. The third kappa shape index (κ3) is 7.18. The zero-order valence-corrected chi connectivity index (χ0v) is 26.4. The van der Waals surface area contributed by atoms with E-state index in [1.807, 2.05) is 30.1 Å². The van der Waals surface area contributed by atoms with Gasteiger partial charge in [-0.3, -0.25) is 10.1 Å². The number of thioether (sulfide) groups is 1. The first-order valence-corrected chi connectivity index (χ1v) is 16.4. The largest absolute Gasteiger partial charge is 0.390 e. The molecule has 0 saturated heterocycles. The molecule has 3 aromatic heterocycles. The molecule has 44 heavy (non-hydrogen) atoms. The van der Waals surface area contributed by atoms with Crippen LogP contribution in [0.3, 0.4) is 0 Å². The Morgan fingerprint density at radius 3 is 2.75 bits per heavy atom. The number of aliphatic hydroxyl groups excluding tert-OH is 2. The molecule has 0 aliphatic heterocycles. The minimum atomic E-state index is -1.03. The number of aliphatic hydroxyl groups is 2. The third-order valence-corrected chi connectivity index (χ3v) is 9.02. The number of hydrogen-bond donors (Lipinski definition) is 5. The number of aliphatic imine (C=N–C) groups is 1. The van der Waals surface area contributed by atoms with Gasteiger partial charge in [0.2, 0.25) is 5.28 Å². The molecule has 14 heteroatoms. The second-order valence-electron chi connectivity index (χ2n) is 10.9. The molecule has 236 valence electrons. The molecule has 1 saturated carbocycles. The lowest BCUT2D eigenvalue weighted by Gasteiger charge is -2.28. The van der Waals surface area contributed by atoms with Gasteiger partial charge in [0, 0.05) is 43.5 Å². The molecule has 1 fully saturated rings. The Kier molecular flexibility index (Phi) is 10.7. The van der Waals surface area contributed by atoms with Crippen LogP contribution in [0.25, 0.3) is 11.0 Å². The van der Waals surface area contributed by atoms with Crippen LogP contribution in [0, 0.1) is 11.7 Å². The van der Waals surface area contributed by atoms with Crippen LogP contribution in [-0.4, -0.2) is 91.2 Å². The first-order chi connectivity index (χ1) is 21.3. The van der Waals surface area contributed by atoms with E-state index < -0.39 is 18.2 Å². The van der Waals surface area contributed by atoms with Crippen LogP contribution in [0.5, 0.6) is 0 Å². The first-order valence-electron chi connectivity index (χ1n) is 14.8. The normalized spacial score (nSPS) is 20.5. The van der Waals surface area contributed by atoms with Crippen molar-refractivity contribution >= 4 is 50.9 Å². The lowest BCUT2D eigenvalue weighted by atomic mass is 10.0. The Balaban J connectivity index is 1.28. The number of rotatable bonds is 13. The van der Waals surface area contributed by atoms with Crippen LogP contribution < -0.4 is 16.0 Å². The maximum absolute atomic E-state index is 13.1. The summed E-state index contributed by atoms with van der Waals surface area (Å²) in [7, 11) is 0. The maximum Gasteiger partial charge on any atom is 0.226 e. The van der Waals surface area contributed by atoms with E-state index in [1.165, 1.54) is 23.9 Å². The predicted molar refractivity (Wildman–Crippen MR) is 175 cm³/mol. The second kappa shape index (κ2) is 14.7. The highest BCUT2D eigenvalue weighted by Crippen LogP contribution is 2.40. The summed E-state index contributed by atoms with van der Waals surface area (Å²) >= 11 is 7.72. The molecule has 1 unspecified atom stereocenters. The number of halogens is 2. The van der Waals surface area contributed by atoms with Crippen LogP contribution >= 0.6 is 23.4 Å². The predicted octanol–water partition coefficient (Wildman–Crippen LogP) is 3.67. The minimum Gasteiger partial charge on any atom is -0.390 e. The van der Waals surface area contributed by atoms with Gasteiger partial charge in [-0.2, -0.15) is 10.1 Å². The Bertz CT molecular complexity index is 1550. The highest BCUT2D eigenvalue weighted by Gasteiger charge is 2.44. The summed E-state index contributed by atoms with van der Waals surface area (Å²) < 4.78 is 15.0. The molecule has 0 radical (unpaired) electrons. The molecule has 6 N–H and O–H groups in total. The summed E-state index contributed by atoms with van der Waals surface area (Å²) in [6.45, 7) is 5.40. The average Bonchev–Trinajstić information content (AvgIpc) is 3.73. The van der Waals surface area contributed by atoms with Crippen LogP contribution in [0.15, 0.2) is 47.8 Å². The summed E-state index contributed by atoms with van der Waals surface area (Å²) in [5.74, 6) is -0.210. The summed E-state index contributed by atoms with van der Waals surface area (Å²) in [6, 6.07) is 6.12. The van der Waals surface area contributed by atoms with Crippen LogP contribution in [0.4, 0.5) is 15.9 Å². The molecule has 4 atom stereocenters. The number of aromatic nitrogens is 5. The van der Waals surface area contributed by atoms with Gasteiger partial charge in [0.1, 0.15) is 23.4 Å². The van der Waals surface area contributed by atoms with Crippen molar-refractivity contribution in [3.05, 3.63) is 65.1 Å². The molecule has 1 aromatic carbocycles. The molecular weight excluding hydrogens is 605 g/mol. The van der Waals surface area contributed by atoms with Gasteiger partial charge in [-0.15, -0.1) is 11.8 Å². The summed E-state index contributed by atoms with van der Waals surface area (Å²) in [4.78, 5) is 15.5. The van der Waals surface area contributed by atoms with E-state index in [0.29, 0.717) is 30.5 Å². The SMILES string of the molecule is CCN=C(SC)c1cn([C@@H]2CC(CN(CCCNCCc3ccc(F)cc3)c3cn[nH]c3)[C@@H](O)[C@H]2O)c2nc(Cl)nc(N)c12. The number of nitrogen functional groups attached to an aromatic ring is 1. The molecular formula is C30H39ClFN9O2S. The van der Waals surface area contributed by atoms with Crippen molar-refractivity contribution in [1.82, 2.24) is 30.0 Å². The second-order valence-corrected chi connectivity index (χ2v) is 12.1. The van der Waals surface area contributed by atoms with Gasteiger partial charge in [-0.1, -0.05) is 12.1 Å². The van der Waals surface area contributed by atoms with E-state index in [4.69, 9.17) is 17.3 Å². The third-order valence-electron chi connectivity index (χ3n) is 8.12. The van der Waals surface area contributed by atoms with Gasteiger partial charge < -0.3 is 30.7 Å². The molecule has 4 aromatic rings. The van der Waals surface area contributed by atoms with Crippen LogP contribution in [0.1, 0.15) is 36.9 Å². The summed E-state index contributed by atoms with van der Waals surface area (Å²) in [5.41, 5.74) is 9.61. The zero-order chi connectivity index (χ0) is 31.2. The van der Waals surface area contributed by atoms with Crippen molar-refractivity contribution in [3.63, 3.8) is 0 Å². The molecule has 0 bridgehead atoms. The van der Waals surface area contributed by atoms with Crippen molar-refractivity contribution in [1.29, 1.82) is 0 Å². The number of fused-ring (bicyclic) bond motifs is 1. The smallest absolute Gasteiger partial charge is 0.226 e. The lowest BCUT2D eigenvalue weighted by Crippen LogP contribution is -2.37. The standard InChI is InChI=1S/C30H39ClFN9O2S/c1-3-35-29(44-2)22-17-41(28-24(22)27(33)38-30(31)39-28)23-13-19(25(42)26(23)43)16-40(21-14-36-37-15-21)12-4-10-34-11-9-18-5-7-20(32)8-6-18/h5-8,14-15,17,19,23,25-26,34,42-43H,3-4,9-13,16H2,1-2H3,(H,36,37)(H2,33,38,39)/t19?,23-,25-,26+/m1/s1. The quantitative estimate of drug-likeness (QED) is 0.0636. The Labute approximate surface area is 265 Å². The van der Waals surface area contributed by atoms with Crippen molar-refractivity contribution in [2.24, 2.45) is 10.9 Å². The number of H-pyrrole nitrogens is 1. The maximum atomic E-state index is 13.1. The van der Waals surface area contributed by atoms with Crippen LogP contribution in [-0.2, 0) is 6.42 Å². The van der Waals surface area contributed by atoms with Crippen molar-refractivity contribution in [3.8, 4) is 0 Å². The van der Waals surface area contributed by atoms with E-state index in [0.717, 1.165) is 54.3 Å². The number of nitrogens with zero attached hydrogens (tertiary/aromatic N) is 6. The molecule has 3 heterocycles. The number of nitrogens with two attached hydrogens (primary N) is 1. The van der Waals surface area contributed by atoms with Gasteiger partial charge in [0.05, 0.1) is 34.5 Å². The van der Waals surface area contributed by atoms with E-state index in [-0.39, 0.29) is 22.8 Å². The van der Waals surface area contributed by atoms with E-state index >= 15 is 0 Å². The Morgan fingerprint density at radius 1 is 1.25 bits per heavy atom. The highest BCUT2D eigenvalue weighted by molar-refractivity contribution is 8.13. The van der Waals surface area contributed by atoms with Gasteiger partial charge >= 0.3 is 0 Å². The van der Waals surface area contributed by atoms with Crippen molar-refractivity contribution in [2.45, 2.75) is 44.4 Å². The Hall–Kier alpha value is -3.23. The monoisotopic (exact) mass is 643 g/mol. The molecule has 1 aliphatic rings. The van der Waals surface area contributed by atoms with E-state index in [9.17, 15) is 14.6 Å². The lowest BCUT2D eigenvalue weighted by molar-refractivity contribution is 0.00792. The number of benzene rings is 1. The molecule has 1 aliphatic carbocycles. The van der Waals surface area contributed by atoms with Gasteiger partial charge in [-0.05, 0) is 74.8 Å². The highest BCUT2D eigenvalue weighted by atomic mass is 35.5. The minimum absolute atomic E-state index is 0.0148. The van der Waals surface area contributed by atoms with Crippen molar-refractivity contribution in [2.75, 3.05) is 49.6 Å². The van der Waals surface area contributed by atoms with Gasteiger partial charge in [0.25, 0.3) is 0 Å². The number of anilines is 2. The summed E-state index contributed by atoms with van der Waals surface area (Å²) in [6.07, 6.45) is 7.64. The van der Waals surface area contributed by atoms with Gasteiger partial charge in [-0.25, -0.2) is 9.37 Å². The molecule has 0 amide bonds. The molecule has 5 rings (SSSR count). The zero-order valence-electron chi connectivity index (χ0n) is 24.8. The molecule has 11 nitrogen and oxygen atoms in total. The molecule has 0 spiro atoms. The Morgan fingerprint density at radius 2 is 2.05 bits per heavy atom.